The van der Waals surface area contributed by atoms with E-state index in [0.717, 1.165) is 30.5 Å². The maximum Gasteiger partial charge on any atom is 0.317 e. The molecule has 2 N–H and O–H groups in total. The summed E-state index contributed by atoms with van der Waals surface area (Å²) in [5.41, 5.74) is 4.40. The summed E-state index contributed by atoms with van der Waals surface area (Å²) in [5, 5.41) is 4.46. The van der Waals surface area contributed by atoms with Crippen molar-refractivity contribution < 1.29 is 9.59 Å². The first-order valence-corrected chi connectivity index (χ1v) is 10.3. The molecule has 4 rings (SSSR count). The van der Waals surface area contributed by atoms with Gasteiger partial charge in [0.1, 0.15) is 0 Å². The Hall–Kier alpha value is -2.34. The predicted molar refractivity (Wildman–Crippen MR) is 111 cm³/mol. The van der Waals surface area contributed by atoms with Crippen LogP contribution in [0.15, 0.2) is 18.3 Å². The van der Waals surface area contributed by atoms with Crippen LogP contribution in [-0.4, -0.2) is 65.4 Å². The molecule has 1 unspecified atom stereocenters. The number of hydrogen-bond donors (Lipinski definition) is 2. The number of benzene rings is 1. The number of likely N-dealkylation sites (tertiary alicyclic amines) is 1. The largest absolute Gasteiger partial charge is 0.361 e. The van der Waals surface area contributed by atoms with Gasteiger partial charge in [-0.3, -0.25) is 4.79 Å². The van der Waals surface area contributed by atoms with Crippen LogP contribution in [0.5, 0.6) is 0 Å². The molecule has 1 fully saturated rings. The number of H-pyrrole nitrogens is 1. The van der Waals surface area contributed by atoms with Gasteiger partial charge in [0.2, 0.25) is 0 Å². The summed E-state index contributed by atoms with van der Waals surface area (Å²) >= 11 is 0. The first kappa shape index (κ1) is 19.0. The van der Waals surface area contributed by atoms with E-state index in [0.29, 0.717) is 19.1 Å². The molecule has 1 aliphatic carbocycles. The molecule has 0 radical (unpaired) electrons. The molecule has 1 aromatic carbocycles. The number of aromatic amines is 1. The zero-order valence-electron chi connectivity index (χ0n) is 17.2. The second kappa shape index (κ2) is 7.24. The van der Waals surface area contributed by atoms with Gasteiger partial charge in [0.25, 0.3) is 0 Å². The lowest BCUT2D eigenvalue weighted by molar-refractivity contribution is 0.100. The number of hydrogen-bond acceptors (Lipinski definition) is 3. The number of carbonyl (C=O) groups excluding carboxylic acids is 2. The van der Waals surface area contributed by atoms with Gasteiger partial charge in [0, 0.05) is 60.3 Å². The number of carbonyl (C=O) groups is 2. The Morgan fingerprint density at radius 1 is 1.29 bits per heavy atom. The van der Waals surface area contributed by atoms with E-state index >= 15 is 0 Å². The molecule has 0 bridgehead atoms. The number of aromatic nitrogens is 1. The van der Waals surface area contributed by atoms with E-state index < -0.39 is 0 Å². The van der Waals surface area contributed by atoms with Crippen molar-refractivity contribution in [3.63, 3.8) is 0 Å². The Labute approximate surface area is 166 Å². The smallest absolute Gasteiger partial charge is 0.317 e. The summed E-state index contributed by atoms with van der Waals surface area (Å²) in [7, 11) is 2.14. The van der Waals surface area contributed by atoms with Gasteiger partial charge in [-0.1, -0.05) is 0 Å². The summed E-state index contributed by atoms with van der Waals surface area (Å²) in [6.07, 6.45) is 3.94. The molecule has 3 atom stereocenters. The fourth-order valence-electron chi connectivity index (χ4n) is 5.22. The number of Topliss-reactive ketones (excluding diaryl/α,β-unsaturated/α-hetero) is 1. The highest BCUT2D eigenvalue weighted by molar-refractivity contribution is 6.02. The van der Waals surface area contributed by atoms with Crippen molar-refractivity contribution in [2.75, 3.05) is 26.7 Å². The molecule has 0 spiro atoms. The Balaban J connectivity index is 1.70. The summed E-state index contributed by atoms with van der Waals surface area (Å²) in [5.74, 6) is 0.355. The summed E-state index contributed by atoms with van der Waals surface area (Å²) in [4.78, 5) is 32.6. The molecular formula is C22H30N4O2. The molecule has 1 saturated heterocycles. The van der Waals surface area contributed by atoms with E-state index in [4.69, 9.17) is 0 Å². The molecule has 6 nitrogen and oxygen atoms in total. The second-order valence-electron chi connectivity index (χ2n) is 8.19. The normalized spacial score (nSPS) is 24.1. The maximum atomic E-state index is 12.6. The molecule has 1 aliphatic heterocycles. The standard InChI is InChI=1S/C22H30N4O2/c1-5-26(6-2)22(28)24-15-10-17-19(25(4)12-15)9-14-11-23-18-8-7-16(13(3)27)21(17)20(14)18/h7-8,11,15,17,19,23H,5-6,9-10,12H2,1-4H3,(H,24,28)/t15-,17?,19+/m0/s1. The average molecular weight is 383 g/mol. The summed E-state index contributed by atoms with van der Waals surface area (Å²) in [6.45, 7) is 7.90. The van der Waals surface area contributed by atoms with Crippen LogP contribution in [0.1, 0.15) is 54.6 Å². The summed E-state index contributed by atoms with van der Waals surface area (Å²) in [6, 6.07) is 4.42. The fraction of sp³-hybridized carbons (Fsp3) is 0.545. The first-order valence-electron chi connectivity index (χ1n) is 10.3. The number of nitrogens with one attached hydrogen (secondary N) is 2. The number of amides is 2. The molecule has 28 heavy (non-hydrogen) atoms. The highest BCUT2D eigenvalue weighted by Crippen LogP contribution is 2.44. The third kappa shape index (κ3) is 3.00. The average Bonchev–Trinajstić information content (AvgIpc) is 3.07. The zero-order valence-corrected chi connectivity index (χ0v) is 17.2. The monoisotopic (exact) mass is 382 g/mol. The predicted octanol–water partition coefficient (Wildman–Crippen LogP) is 3.13. The lowest BCUT2D eigenvalue weighted by atomic mass is 9.72. The minimum absolute atomic E-state index is 0.00462. The molecule has 0 saturated carbocycles. The van der Waals surface area contributed by atoms with Crippen LogP contribution in [0.4, 0.5) is 4.79 Å². The molecule has 1 aromatic heterocycles. The van der Waals surface area contributed by atoms with Crippen LogP contribution < -0.4 is 5.32 Å². The van der Waals surface area contributed by atoms with Crippen LogP contribution in [-0.2, 0) is 6.42 Å². The SMILES string of the molecule is CCN(CC)C(=O)N[C@H]1CC2c3c(C(C)=O)ccc4[nH]cc(c34)C[C@H]2N(C)C1. The number of nitrogens with zero attached hydrogens (tertiary/aromatic N) is 2. The highest BCUT2D eigenvalue weighted by atomic mass is 16.2. The summed E-state index contributed by atoms with van der Waals surface area (Å²) < 4.78 is 0. The van der Waals surface area contributed by atoms with E-state index in [1.165, 1.54) is 16.5 Å². The van der Waals surface area contributed by atoms with E-state index in [9.17, 15) is 9.59 Å². The van der Waals surface area contributed by atoms with E-state index in [1.54, 1.807) is 6.92 Å². The Morgan fingerprint density at radius 3 is 2.71 bits per heavy atom. The third-order valence-electron chi connectivity index (χ3n) is 6.60. The lowest BCUT2D eigenvalue weighted by Gasteiger charge is -2.46. The van der Waals surface area contributed by atoms with Crippen LogP contribution in [0.3, 0.4) is 0 Å². The Kier molecular flexibility index (Phi) is 4.91. The molecule has 2 heterocycles. The van der Waals surface area contributed by atoms with Gasteiger partial charge in [0.15, 0.2) is 5.78 Å². The van der Waals surface area contributed by atoms with Crippen molar-refractivity contribution in [1.82, 2.24) is 20.1 Å². The fourth-order valence-corrected chi connectivity index (χ4v) is 5.22. The van der Waals surface area contributed by atoms with Crippen LogP contribution >= 0.6 is 0 Å². The molecule has 150 valence electrons. The molecule has 2 amide bonds. The molecule has 2 aliphatic rings. The lowest BCUT2D eigenvalue weighted by Crippen LogP contribution is -2.56. The number of urea groups is 1. The van der Waals surface area contributed by atoms with Crippen molar-refractivity contribution in [3.8, 4) is 0 Å². The molecule has 6 heteroatoms. The van der Waals surface area contributed by atoms with Crippen LogP contribution in [0.2, 0.25) is 0 Å². The number of ketones is 1. The van der Waals surface area contributed by atoms with Gasteiger partial charge in [-0.25, -0.2) is 4.79 Å². The number of fused-ring (bicyclic) bond motifs is 2. The van der Waals surface area contributed by atoms with Gasteiger partial charge < -0.3 is 20.1 Å². The number of likely N-dealkylation sites (N-methyl/N-ethyl adjacent to an activating group) is 1. The van der Waals surface area contributed by atoms with Gasteiger partial charge in [-0.2, -0.15) is 0 Å². The first-order chi connectivity index (χ1) is 13.4. The van der Waals surface area contributed by atoms with Crippen molar-refractivity contribution >= 4 is 22.7 Å². The second-order valence-corrected chi connectivity index (χ2v) is 8.19. The Morgan fingerprint density at radius 2 is 2.04 bits per heavy atom. The highest BCUT2D eigenvalue weighted by Gasteiger charge is 2.41. The minimum atomic E-state index is 0.00462. The quantitative estimate of drug-likeness (QED) is 0.799. The van der Waals surface area contributed by atoms with Gasteiger partial charge in [-0.15, -0.1) is 0 Å². The van der Waals surface area contributed by atoms with Crippen molar-refractivity contribution in [2.45, 2.75) is 51.6 Å². The van der Waals surface area contributed by atoms with Gasteiger partial charge >= 0.3 is 6.03 Å². The van der Waals surface area contributed by atoms with Crippen molar-refractivity contribution in [2.24, 2.45) is 0 Å². The number of rotatable bonds is 4. The van der Waals surface area contributed by atoms with Crippen molar-refractivity contribution in [1.29, 1.82) is 0 Å². The van der Waals surface area contributed by atoms with Crippen molar-refractivity contribution in [3.05, 3.63) is 35.0 Å². The van der Waals surface area contributed by atoms with Gasteiger partial charge in [-0.05, 0) is 63.9 Å². The van der Waals surface area contributed by atoms with E-state index in [2.05, 4.69) is 28.4 Å². The van der Waals surface area contributed by atoms with E-state index in [-0.39, 0.29) is 23.8 Å². The van der Waals surface area contributed by atoms with Crippen LogP contribution in [0.25, 0.3) is 10.9 Å². The third-order valence-corrected chi connectivity index (χ3v) is 6.60. The zero-order chi connectivity index (χ0) is 20.0. The maximum absolute atomic E-state index is 12.6. The Bertz CT molecular complexity index is 915. The van der Waals surface area contributed by atoms with Gasteiger partial charge in [0.05, 0.1) is 0 Å². The number of piperidine rings is 1. The van der Waals surface area contributed by atoms with E-state index in [1.807, 2.05) is 30.9 Å². The molecular weight excluding hydrogens is 352 g/mol. The van der Waals surface area contributed by atoms with Crippen LogP contribution in [0, 0.1) is 0 Å². The minimum Gasteiger partial charge on any atom is -0.361 e. The molecule has 2 aromatic rings. The topological polar surface area (TPSA) is 68.4 Å².